The normalized spacial score (nSPS) is 20.6. The Bertz CT molecular complexity index is 761. The van der Waals surface area contributed by atoms with Crippen LogP contribution in [0.1, 0.15) is 31.4 Å². The summed E-state index contributed by atoms with van der Waals surface area (Å²) in [5.74, 6) is -0.217. The summed E-state index contributed by atoms with van der Waals surface area (Å²) in [6.07, 6.45) is 4.21. The summed E-state index contributed by atoms with van der Waals surface area (Å²) >= 11 is 0. The molecule has 3 rings (SSSR count). The van der Waals surface area contributed by atoms with E-state index in [9.17, 15) is 9.18 Å². The molecule has 0 bridgehead atoms. The molecule has 1 amide bonds. The van der Waals surface area contributed by atoms with Gasteiger partial charge in [-0.25, -0.2) is 4.39 Å². The molecule has 1 aromatic carbocycles. The number of aromatic nitrogens is 1. The van der Waals surface area contributed by atoms with Gasteiger partial charge in [-0.05, 0) is 47.2 Å². The zero-order chi connectivity index (χ0) is 18.8. The Balaban J connectivity index is 1.91. The van der Waals surface area contributed by atoms with E-state index < -0.39 is 5.41 Å². The summed E-state index contributed by atoms with van der Waals surface area (Å²) in [6, 6.07) is 10.2. The average Bonchev–Trinajstić information content (AvgIpc) is 3.23. The first-order valence-electron chi connectivity index (χ1n) is 8.84. The number of halogens is 1. The monoisotopic (exact) mass is 356 g/mol. The lowest BCUT2D eigenvalue weighted by Crippen LogP contribution is -2.42. The van der Waals surface area contributed by atoms with Gasteiger partial charge in [0.15, 0.2) is 0 Å². The number of hydrogen-bond donors (Lipinski definition) is 0. The average molecular weight is 356 g/mol. The molecule has 2 aromatic rings. The lowest BCUT2D eigenvalue weighted by molar-refractivity contribution is -0.136. The van der Waals surface area contributed by atoms with Crippen LogP contribution in [-0.2, 0) is 21.5 Å². The van der Waals surface area contributed by atoms with Crippen LogP contribution in [0.3, 0.4) is 0 Å². The van der Waals surface area contributed by atoms with E-state index in [0.29, 0.717) is 19.7 Å². The van der Waals surface area contributed by atoms with Crippen molar-refractivity contribution in [1.82, 2.24) is 9.88 Å². The zero-order valence-corrected chi connectivity index (χ0v) is 15.5. The molecule has 1 aromatic heterocycles. The molecule has 1 heterocycles. The lowest BCUT2D eigenvalue weighted by atomic mass is 9.86. The molecular formula is C21H25FN2O2. The Hall–Kier alpha value is -2.27. The highest BCUT2D eigenvalue weighted by molar-refractivity contribution is 5.93. The number of carbonyl (C=O) groups is 1. The topological polar surface area (TPSA) is 42.4 Å². The van der Waals surface area contributed by atoms with Gasteiger partial charge in [-0.1, -0.05) is 26.0 Å². The number of ether oxygens (including phenoxy) is 1. The number of nitrogens with zero attached hydrogens (tertiary/aromatic N) is 2. The first-order valence-corrected chi connectivity index (χ1v) is 8.84. The molecule has 0 spiro atoms. The van der Waals surface area contributed by atoms with Crippen LogP contribution in [0.5, 0.6) is 0 Å². The van der Waals surface area contributed by atoms with Crippen LogP contribution in [-0.4, -0.2) is 36.1 Å². The van der Waals surface area contributed by atoms with Crippen molar-refractivity contribution >= 4 is 5.91 Å². The van der Waals surface area contributed by atoms with Gasteiger partial charge in [0.25, 0.3) is 0 Å². The highest BCUT2D eigenvalue weighted by Crippen LogP contribution is 2.65. The quantitative estimate of drug-likeness (QED) is 0.762. The largest absolute Gasteiger partial charge is 0.383 e. The number of pyridine rings is 1. The Labute approximate surface area is 154 Å². The summed E-state index contributed by atoms with van der Waals surface area (Å²) in [6.45, 7) is 5.67. The minimum atomic E-state index is -0.610. The SMILES string of the molecule is COCCN(Cc1ccncc1)C(=O)C1(c2ccc(F)cc2)CC1(C)C. The number of hydrogen-bond acceptors (Lipinski definition) is 3. The van der Waals surface area contributed by atoms with Gasteiger partial charge in [0.2, 0.25) is 5.91 Å². The summed E-state index contributed by atoms with van der Waals surface area (Å²) in [5, 5.41) is 0. The predicted octanol–water partition coefficient (Wildman–Crippen LogP) is 3.56. The Morgan fingerprint density at radius 2 is 1.81 bits per heavy atom. The van der Waals surface area contributed by atoms with Crippen LogP contribution < -0.4 is 0 Å². The van der Waals surface area contributed by atoms with Crippen molar-refractivity contribution in [2.75, 3.05) is 20.3 Å². The molecular weight excluding hydrogens is 331 g/mol. The van der Waals surface area contributed by atoms with Gasteiger partial charge in [0, 0.05) is 32.6 Å². The molecule has 0 aliphatic heterocycles. The molecule has 138 valence electrons. The van der Waals surface area contributed by atoms with Crippen LogP contribution in [0.4, 0.5) is 4.39 Å². The molecule has 4 nitrogen and oxygen atoms in total. The van der Waals surface area contributed by atoms with E-state index in [2.05, 4.69) is 18.8 Å². The summed E-state index contributed by atoms with van der Waals surface area (Å²) in [7, 11) is 1.63. The Morgan fingerprint density at radius 3 is 2.35 bits per heavy atom. The van der Waals surface area contributed by atoms with Gasteiger partial charge in [-0.3, -0.25) is 9.78 Å². The van der Waals surface area contributed by atoms with Crippen molar-refractivity contribution in [2.24, 2.45) is 5.41 Å². The third-order valence-corrected chi connectivity index (χ3v) is 5.41. The van der Waals surface area contributed by atoms with Gasteiger partial charge < -0.3 is 9.64 Å². The van der Waals surface area contributed by atoms with Crippen LogP contribution in [0.25, 0.3) is 0 Å². The molecule has 0 N–H and O–H groups in total. The van der Waals surface area contributed by atoms with Crippen LogP contribution in [0, 0.1) is 11.2 Å². The van der Waals surface area contributed by atoms with E-state index >= 15 is 0 Å². The first kappa shape index (κ1) is 18.5. The number of benzene rings is 1. The van der Waals surface area contributed by atoms with Crippen molar-refractivity contribution in [3.05, 3.63) is 65.7 Å². The number of rotatable bonds is 7. The standard InChI is InChI=1S/C21H25FN2O2/c1-20(2)15-21(20,17-4-6-18(22)7-5-17)19(25)24(12-13-26-3)14-16-8-10-23-11-9-16/h4-11H,12-15H2,1-3H3. The molecule has 0 saturated heterocycles. The van der Waals surface area contributed by atoms with Gasteiger partial charge in [0.1, 0.15) is 5.82 Å². The fraction of sp³-hybridized carbons (Fsp3) is 0.429. The van der Waals surface area contributed by atoms with Crippen LogP contribution in [0.15, 0.2) is 48.8 Å². The minimum absolute atomic E-state index is 0.0722. The number of methoxy groups -OCH3 is 1. The van der Waals surface area contributed by atoms with E-state index in [1.807, 2.05) is 17.0 Å². The van der Waals surface area contributed by atoms with Crippen molar-refractivity contribution in [2.45, 2.75) is 32.2 Å². The molecule has 1 aliphatic carbocycles. The maximum atomic E-state index is 13.6. The fourth-order valence-corrected chi connectivity index (χ4v) is 3.77. The second kappa shape index (κ2) is 7.16. The maximum Gasteiger partial charge on any atom is 0.234 e. The molecule has 0 radical (unpaired) electrons. The molecule has 26 heavy (non-hydrogen) atoms. The second-order valence-corrected chi connectivity index (χ2v) is 7.55. The van der Waals surface area contributed by atoms with E-state index in [0.717, 1.165) is 17.5 Å². The minimum Gasteiger partial charge on any atom is -0.383 e. The molecule has 1 saturated carbocycles. The fourth-order valence-electron chi connectivity index (χ4n) is 3.77. The van der Waals surface area contributed by atoms with Gasteiger partial charge in [-0.15, -0.1) is 0 Å². The number of amides is 1. The Kier molecular flexibility index (Phi) is 5.10. The second-order valence-electron chi connectivity index (χ2n) is 7.55. The molecule has 1 atom stereocenters. The highest BCUT2D eigenvalue weighted by Gasteiger charge is 2.67. The van der Waals surface area contributed by atoms with Crippen molar-refractivity contribution in [3.63, 3.8) is 0 Å². The summed E-state index contributed by atoms with van der Waals surface area (Å²) in [4.78, 5) is 19.5. The van der Waals surface area contributed by atoms with Crippen LogP contribution >= 0.6 is 0 Å². The third-order valence-electron chi connectivity index (χ3n) is 5.41. The van der Waals surface area contributed by atoms with Gasteiger partial charge >= 0.3 is 0 Å². The first-order chi connectivity index (χ1) is 12.4. The van der Waals surface area contributed by atoms with Crippen molar-refractivity contribution in [3.8, 4) is 0 Å². The lowest BCUT2D eigenvalue weighted by Gasteiger charge is -2.30. The summed E-state index contributed by atoms with van der Waals surface area (Å²) in [5.41, 5.74) is 1.13. The number of carbonyl (C=O) groups excluding carboxylic acids is 1. The van der Waals surface area contributed by atoms with E-state index in [-0.39, 0.29) is 17.1 Å². The third kappa shape index (κ3) is 3.36. The smallest absolute Gasteiger partial charge is 0.234 e. The van der Waals surface area contributed by atoms with Crippen LogP contribution in [0.2, 0.25) is 0 Å². The molecule has 1 fully saturated rings. The van der Waals surface area contributed by atoms with Crippen molar-refractivity contribution < 1.29 is 13.9 Å². The van der Waals surface area contributed by atoms with E-state index in [1.54, 1.807) is 31.6 Å². The van der Waals surface area contributed by atoms with E-state index in [4.69, 9.17) is 4.74 Å². The highest BCUT2D eigenvalue weighted by atomic mass is 19.1. The molecule has 5 heteroatoms. The van der Waals surface area contributed by atoms with Gasteiger partial charge in [0.05, 0.1) is 12.0 Å². The van der Waals surface area contributed by atoms with Crippen molar-refractivity contribution in [1.29, 1.82) is 0 Å². The molecule has 1 aliphatic rings. The summed E-state index contributed by atoms with van der Waals surface area (Å²) < 4.78 is 18.6. The maximum absolute atomic E-state index is 13.6. The predicted molar refractivity (Wildman–Crippen MR) is 98.0 cm³/mol. The Morgan fingerprint density at radius 1 is 1.19 bits per heavy atom. The van der Waals surface area contributed by atoms with Gasteiger partial charge in [-0.2, -0.15) is 0 Å². The molecule has 1 unspecified atom stereocenters. The van der Waals surface area contributed by atoms with E-state index in [1.165, 1.54) is 12.1 Å². The zero-order valence-electron chi connectivity index (χ0n) is 15.5.